The van der Waals surface area contributed by atoms with E-state index in [4.69, 9.17) is 0 Å². The molecule has 0 aliphatic carbocycles. The van der Waals surface area contributed by atoms with Crippen LogP contribution in [0.2, 0.25) is 0 Å². The number of nitrogens with zero attached hydrogens (tertiary/aromatic N) is 2. The fourth-order valence-electron chi connectivity index (χ4n) is 6.18. The quantitative estimate of drug-likeness (QED) is 0.229. The Balaban J connectivity index is 1.32. The monoisotopic (exact) mass is 498 g/mol. The lowest BCUT2D eigenvalue weighted by Crippen LogP contribution is -1.98. The van der Waals surface area contributed by atoms with E-state index >= 15 is 0 Å². The molecular weight excluding hydrogens is 472 g/mol. The Morgan fingerprint density at radius 1 is 0.385 bits per heavy atom. The van der Waals surface area contributed by atoms with E-state index in [1.807, 2.05) is 0 Å². The Kier molecular flexibility index (Phi) is 4.92. The lowest BCUT2D eigenvalue weighted by atomic mass is 10.0. The molecule has 8 aromatic rings. The fourth-order valence-corrected chi connectivity index (χ4v) is 6.18. The number of fused-ring (bicyclic) bond motifs is 6. The summed E-state index contributed by atoms with van der Waals surface area (Å²) in [6, 6.07) is 52.7. The molecule has 0 N–H and O–H groups in total. The van der Waals surface area contributed by atoms with Crippen LogP contribution in [0.3, 0.4) is 0 Å². The maximum atomic E-state index is 2.44. The van der Waals surface area contributed by atoms with Crippen molar-refractivity contribution < 1.29 is 0 Å². The van der Waals surface area contributed by atoms with Gasteiger partial charge in [-0.25, -0.2) is 0 Å². The average Bonchev–Trinajstić information content (AvgIpc) is 3.50. The summed E-state index contributed by atoms with van der Waals surface area (Å²) in [6.07, 6.45) is 0. The van der Waals surface area contributed by atoms with Gasteiger partial charge in [0.05, 0.1) is 11.0 Å². The van der Waals surface area contributed by atoms with Crippen LogP contribution in [0.1, 0.15) is 5.56 Å². The van der Waals surface area contributed by atoms with Gasteiger partial charge in [-0.15, -0.1) is 0 Å². The molecule has 2 nitrogen and oxygen atoms in total. The lowest BCUT2D eigenvalue weighted by molar-refractivity contribution is 0.869. The van der Waals surface area contributed by atoms with Gasteiger partial charge >= 0.3 is 0 Å². The second kappa shape index (κ2) is 8.75. The van der Waals surface area contributed by atoms with E-state index < -0.39 is 0 Å². The van der Waals surface area contributed by atoms with Crippen molar-refractivity contribution in [2.24, 2.45) is 0 Å². The van der Waals surface area contributed by atoms with Gasteiger partial charge in [-0.3, -0.25) is 0 Å². The van der Waals surface area contributed by atoms with Crippen LogP contribution in [-0.2, 0) is 6.54 Å². The molecule has 2 heteroatoms. The molecule has 0 radical (unpaired) electrons. The standard InChI is InChI=1S/C37H26N2/c1-3-11-26(12-4-1)25-38-34-17-9-7-15-30(34)32-23-27(19-21-35(32)38)28-20-22-37-33(24-28)31-16-8-10-18-36(31)39(37)29-13-5-2-6-14-29/h1-24H,25H2. The third kappa shape index (κ3) is 3.49. The number of benzene rings is 6. The highest BCUT2D eigenvalue weighted by atomic mass is 15.0. The Bertz CT molecular complexity index is 2130. The number of aromatic nitrogens is 2. The predicted octanol–water partition coefficient (Wildman–Crippen LogP) is 9.61. The van der Waals surface area contributed by atoms with Crippen molar-refractivity contribution in [3.8, 4) is 16.8 Å². The highest BCUT2D eigenvalue weighted by Crippen LogP contribution is 2.37. The van der Waals surface area contributed by atoms with E-state index in [1.54, 1.807) is 0 Å². The van der Waals surface area contributed by atoms with Crippen molar-refractivity contribution in [1.82, 2.24) is 9.13 Å². The summed E-state index contributed by atoms with van der Waals surface area (Å²) >= 11 is 0. The van der Waals surface area contributed by atoms with Gasteiger partial charge in [-0.2, -0.15) is 0 Å². The van der Waals surface area contributed by atoms with Crippen LogP contribution in [-0.4, -0.2) is 9.13 Å². The predicted molar refractivity (Wildman–Crippen MR) is 165 cm³/mol. The molecule has 8 rings (SSSR count). The SMILES string of the molecule is c1ccc(Cn2c3ccccc3c3cc(-c4ccc5c(c4)c4ccccc4n5-c4ccccc4)ccc32)cc1. The molecule has 0 fully saturated rings. The zero-order valence-corrected chi connectivity index (χ0v) is 21.5. The van der Waals surface area contributed by atoms with E-state index in [-0.39, 0.29) is 0 Å². The molecule has 0 saturated heterocycles. The van der Waals surface area contributed by atoms with E-state index in [1.165, 1.54) is 66.0 Å². The van der Waals surface area contributed by atoms with Crippen molar-refractivity contribution >= 4 is 43.6 Å². The summed E-state index contributed by atoms with van der Waals surface area (Å²) in [6.45, 7) is 0.856. The fraction of sp³-hybridized carbons (Fsp3) is 0.0270. The molecule has 0 spiro atoms. The molecule has 0 aliphatic rings. The van der Waals surface area contributed by atoms with Gasteiger partial charge in [0.15, 0.2) is 0 Å². The van der Waals surface area contributed by atoms with E-state index in [0.29, 0.717) is 0 Å². The van der Waals surface area contributed by atoms with Crippen LogP contribution in [0.15, 0.2) is 146 Å². The normalized spacial score (nSPS) is 11.7. The van der Waals surface area contributed by atoms with Gasteiger partial charge < -0.3 is 9.13 Å². The maximum absolute atomic E-state index is 2.44. The maximum Gasteiger partial charge on any atom is 0.0541 e. The third-order valence-corrected chi connectivity index (χ3v) is 7.98. The summed E-state index contributed by atoms with van der Waals surface area (Å²) in [5, 5.41) is 5.15. The summed E-state index contributed by atoms with van der Waals surface area (Å²) in [5.74, 6) is 0. The zero-order valence-electron chi connectivity index (χ0n) is 21.5. The molecular formula is C37H26N2. The minimum absolute atomic E-state index is 0.856. The summed E-state index contributed by atoms with van der Waals surface area (Å²) < 4.78 is 4.81. The first-order valence-corrected chi connectivity index (χ1v) is 13.5. The van der Waals surface area contributed by atoms with Crippen molar-refractivity contribution in [2.75, 3.05) is 0 Å². The minimum Gasteiger partial charge on any atom is -0.336 e. The highest BCUT2D eigenvalue weighted by Gasteiger charge is 2.15. The molecule has 0 aliphatic heterocycles. The van der Waals surface area contributed by atoms with E-state index in [0.717, 1.165) is 6.54 Å². The van der Waals surface area contributed by atoms with E-state index in [9.17, 15) is 0 Å². The van der Waals surface area contributed by atoms with Gasteiger partial charge in [0.1, 0.15) is 0 Å². The van der Waals surface area contributed by atoms with Crippen LogP contribution in [0.4, 0.5) is 0 Å². The van der Waals surface area contributed by atoms with Gasteiger partial charge in [0, 0.05) is 44.8 Å². The molecule has 0 bridgehead atoms. The van der Waals surface area contributed by atoms with Crippen LogP contribution in [0, 0.1) is 0 Å². The van der Waals surface area contributed by atoms with Gasteiger partial charge in [-0.05, 0) is 65.2 Å². The smallest absolute Gasteiger partial charge is 0.0541 e. The average molecular weight is 499 g/mol. The molecule has 2 heterocycles. The van der Waals surface area contributed by atoms with Crippen LogP contribution in [0.25, 0.3) is 60.4 Å². The van der Waals surface area contributed by atoms with Crippen molar-refractivity contribution in [1.29, 1.82) is 0 Å². The topological polar surface area (TPSA) is 9.86 Å². The van der Waals surface area contributed by atoms with Crippen molar-refractivity contribution in [2.45, 2.75) is 6.54 Å². The second-order valence-electron chi connectivity index (χ2n) is 10.2. The molecule has 2 aromatic heterocycles. The zero-order chi connectivity index (χ0) is 25.8. The molecule has 0 saturated carbocycles. The lowest BCUT2D eigenvalue weighted by Gasteiger charge is -2.09. The molecule has 0 atom stereocenters. The second-order valence-corrected chi connectivity index (χ2v) is 10.2. The van der Waals surface area contributed by atoms with Gasteiger partial charge in [0.25, 0.3) is 0 Å². The van der Waals surface area contributed by atoms with Crippen LogP contribution < -0.4 is 0 Å². The van der Waals surface area contributed by atoms with Crippen molar-refractivity contribution in [3.63, 3.8) is 0 Å². The summed E-state index contributed by atoms with van der Waals surface area (Å²) in [5.41, 5.74) is 9.97. The number of hydrogen-bond acceptors (Lipinski definition) is 0. The largest absolute Gasteiger partial charge is 0.336 e. The Morgan fingerprint density at radius 3 is 1.59 bits per heavy atom. The highest BCUT2D eigenvalue weighted by molar-refractivity contribution is 6.12. The van der Waals surface area contributed by atoms with Crippen molar-refractivity contribution in [3.05, 3.63) is 151 Å². The van der Waals surface area contributed by atoms with Crippen LogP contribution in [0.5, 0.6) is 0 Å². The first-order valence-electron chi connectivity index (χ1n) is 13.5. The van der Waals surface area contributed by atoms with Gasteiger partial charge in [-0.1, -0.05) is 97.1 Å². The van der Waals surface area contributed by atoms with E-state index in [2.05, 4.69) is 155 Å². The van der Waals surface area contributed by atoms with Gasteiger partial charge in [0.2, 0.25) is 0 Å². The molecule has 0 unspecified atom stereocenters. The number of rotatable bonds is 4. The first kappa shape index (κ1) is 22.0. The number of para-hydroxylation sites is 3. The van der Waals surface area contributed by atoms with Crippen LogP contribution >= 0.6 is 0 Å². The molecule has 184 valence electrons. The Labute approximate surface area is 227 Å². The first-order chi connectivity index (χ1) is 19.3. The molecule has 6 aromatic carbocycles. The molecule has 0 amide bonds. The Morgan fingerprint density at radius 2 is 0.872 bits per heavy atom. The summed E-state index contributed by atoms with van der Waals surface area (Å²) in [7, 11) is 0. The number of hydrogen-bond donors (Lipinski definition) is 0. The third-order valence-electron chi connectivity index (χ3n) is 7.98. The summed E-state index contributed by atoms with van der Waals surface area (Å²) in [4.78, 5) is 0. The minimum atomic E-state index is 0.856. The molecule has 39 heavy (non-hydrogen) atoms. The Hall–Kier alpha value is -5.08.